The van der Waals surface area contributed by atoms with Crippen LogP contribution in [0.4, 0.5) is 5.69 Å². The Labute approximate surface area is 165 Å². The van der Waals surface area contributed by atoms with E-state index in [1.807, 2.05) is 24.4 Å². The summed E-state index contributed by atoms with van der Waals surface area (Å²) >= 11 is 1.56. The highest BCUT2D eigenvalue weighted by molar-refractivity contribution is 7.09. The Morgan fingerprint density at radius 2 is 2.25 bits per heavy atom. The van der Waals surface area contributed by atoms with Crippen molar-refractivity contribution in [2.24, 2.45) is 0 Å². The summed E-state index contributed by atoms with van der Waals surface area (Å²) in [6.45, 7) is 3.05. The standard InChI is InChI=1S/C19H18N4O4S/c1-2-7-23-14-6-5-12(9-15(14)26-11-16(23)24)17-21-19(27-22-17)18(25)20-10-13-4-3-8-28-13/h3-6,8-9H,2,7,10-11H2,1H3,(H,20,25). The third-order valence-corrected chi connectivity index (χ3v) is 5.11. The van der Waals surface area contributed by atoms with Crippen LogP contribution in [-0.4, -0.2) is 35.1 Å². The molecule has 0 spiro atoms. The van der Waals surface area contributed by atoms with Gasteiger partial charge in [0, 0.05) is 17.0 Å². The lowest BCUT2D eigenvalue weighted by molar-refractivity contribution is -0.121. The van der Waals surface area contributed by atoms with Crippen molar-refractivity contribution in [3.05, 3.63) is 46.5 Å². The van der Waals surface area contributed by atoms with Gasteiger partial charge in [0.2, 0.25) is 5.82 Å². The van der Waals surface area contributed by atoms with E-state index in [0.29, 0.717) is 24.4 Å². The number of nitrogens with zero attached hydrogens (tertiary/aromatic N) is 3. The van der Waals surface area contributed by atoms with E-state index >= 15 is 0 Å². The normalized spacial score (nSPS) is 13.2. The summed E-state index contributed by atoms with van der Waals surface area (Å²) in [7, 11) is 0. The quantitative estimate of drug-likeness (QED) is 0.686. The average molecular weight is 398 g/mol. The van der Waals surface area contributed by atoms with Crippen LogP contribution in [0.1, 0.15) is 28.9 Å². The largest absolute Gasteiger partial charge is 0.482 e. The first-order valence-electron chi connectivity index (χ1n) is 8.87. The van der Waals surface area contributed by atoms with Crippen LogP contribution in [-0.2, 0) is 11.3 Å². The molecule has 9 heteroatoms. The van der Waals surface area contributed by atoms with Crippen LogP contribution in [0.2, 0.25) is 0 Å². The van der Waals surface area contributed by atoms with Crippen molar-refractivity contribution < 1.29 is 18.8 Å². The van der Waals surface area contributed by atoms with Gasteiger partial charge in [-0.2, -0.15) is 4.98 Å². The molecule has 3 aromatic rings. The van der Waals surface area contributed by atoms with Gasteiger partial charge in [0.25, 0.3) is 5.91 Å². The molecule has 1 aliphatic rings. The minimum atomic E-state index is -0.430. The van der Waals surface area contributed by atoms with E-state index in [1.54, 1.807) is 34.4 Å². The lowest BCUT2D eigenvalue weighted by Gasteiger charge is -2.29. The molecule has 0 fully saturated rings. The summed E-state index contributed by atoms with van der Waals surface area (Å²) in [5.74, 6) is 0.270. The van der Waals surface area contributed by atoms with Gasteiger partial charge in [-0.3, -0.25) is 9.59 Å². The van der Waals surface area contributed by atoms with Crippen LogP contribution in [0.25, 0.3) is 11.4 Å². The van der Waals surface area contributed by atoms with Crippen LogP contribution >= 0.6 is 11.3 Å². The molecule has 8 nitrogen and oxygen atoms in total. The molecule has 0 saturated carbocycles. The molecule has 1 N–H and O–H groups in total. The molecule has 2 amide bonds. The van der Waals surface area contributed by atoms with Crippen LogP contribution < -0.4 is 15.0 Å². The third kappa shape index (κ3) is 3.61. The number of ether oxygens (including phenoxy) is 1. The van der Waals surface area contributed by atoms with E-state index < -0.39 is 5.91 Å². The highest BCUT2D eigenvalue weighted by Gasteiger charge is 2.26. The fraction of sp³-hybridized carbons (Fsp3) is 0.263. The Kier molecular flexibility index (Phi) is 5.07. The fourth-order valence-electron chi connectivity index (χ4n) is 2.90. The Morgan fingerprint density at radius 1 is 1.36 bits per heavy atom. The molecule has 3 heterocycles. The molecule has 0 aliphatic carbocycles. The number of rotatable bonds is 6. The molecule has 0 unspecified atom stereocenters. The van der Waals surface area contributed by atoms with Gasteiger partial charge in [-0.05, 0) is 36.1 Å². The van der Waals surface area contributed by atoms with Crippen LogP contribution in [0, 0.1) is 0 Å². The average Bonchev–Trinajstić information content (AvgIpc) is 3.40. The second-order valence-electron chi connectivity index (χ2n) is 6.20. The number of anilines is 1. The zero-order valence-corrected chi connectivity index (χ0v) is 16.0. The SMILES string of the molecule is CCCN1C(=O)COc2cc(-c3noc(C(=O)NCc4cccs4)n3)ccc21. The van der Waals surface area contributed by atoms with Gasteiger partial charge in [-0.15, -0.1) is 11.3 Å². The molecule has 28 heavy (non-hydrogen) atoms. The van der Waals surface area contributed by atoms with Gasteiger partial charge in [-0.1, -0.05) is 18.1 Å². The molecule has 0 saturated heterocycles. The third-order valence-electron chi connectivity index (χ3n) is 4.23. The lowest BCUT2D eigenvalue weighted by Crippen LogP contribution is -2.39. The van der Waals surface area contributed by atoms with Crippen LogP contribution in [0.3, 0.4) is 0 Å². The summed E-state index contributed by atoms with van der Waals surface area (Å²) in [5, 5.41) is 8.58. The predicted molar refractivity (Wildman–Crippen MR) is 103 cm³/mol. The Hall–Kier alpha value is -3.20. The Morgan fingerprint density at radius 3 is 3.04 bits per heavy atom. The van der Waals surface area contributed by atoms with Crippen LogP contribution in [0.15, 0.2) is 40.2 Å². The van der Waals surface area contributed by atoms with E-state index in [0.717, 1.165) is 17.0 Å². The molecule has 1 aromatic carbocycles. The van der Waals surface area contributed by atoms with Gasteiger partial charge >= 0.3 is 11.8 Å². The number of hydrogen-bond acceptors (Lipinski definition) is 7. The summed E-state index contributed by atoms with van der Waals surface area (Å²) in [6, 6.07) is 9.18. The number of carbonyl (C=O) groups is 2. The maximum Gasteiger partial charge on any atom is 0.316 e. The molecule has 0 atom stereocenters. The molecule has 2 aromatic heterocycles. The van der Waals surface area contributed by atoms with Gasteiger partial charge in [0.1, 0.15) is 5.75 Å². The predicted octanol–water partition coefficient (Wildman–Crippen LogP) is 2.86. The maximum atomic E-state index is 12.2. The second kappa shape index (κ2) is 7.81. The number of amides is 2. The van der Waals surface area contributed by atoms with E-state index in [2.05, 4.69) is 15.5 Å². The molecular weight excluding hydrogens is 380 g/mol. The van der Waals surface area contributed by atoms with Crippen molar-refractivity contribution in [2.45, 2.75) is 19.9 Å². The number of aromatic nitrogens is 2. The highest BCUT2D eigenvalue weighted by atomic mass is 32.1. The first-order valence-corrected chi connectivity index (χ1v) is 9.75. The summed E-state index contributed by atoms with van der Waals surface area (Å²) < 4.78 is 10.6. The highest BCUT2D eigenvalue weighted by Crippen LogP contribution is 2.35. The summed E-state index contributed by atoms with van der Waals surface area (Å²) in [5.41, 5.74) is 1.37. The molecule has 0 radical (unpaired) electrons. The zero-order chi connectivity index (χ0) is 19.5. The zero-order valence-electron chi connectivity index (χ0n) is 15.2. The van der Waals surface area contributed by atoms with Crippen molar-refractivity contribution in [2.75, 3.05) is 18.1 Å². The number of thiophene rings is 1. The van der Waals surface area contributed by atoms with Crippen LogP contribution in [0.5, 0.6) is 5.75 Å². The fourth-order valence-corrected chi connectivity index (χ4v) is 3.55. The summed E-state index contributed by atoms with van der Waals surface area (Å²) in [6.07, 6.45) is 0.849. The molecule has 0 bridgehead atoms. The lowest BCUT2D eigenvalue weighted by atomic mass is 10.1. The second-order valence-corrected chi connectivity index (χ2v) is 7.23. The van der Waals surface area contributed by atoms with Gasteiger partial charge in [0.05, 0.1) is 12.2 Å². The topological polar surface area (TPSA) is 97.6 Å². The van der Waals surface area contributed by atoms with Gasteiger partial charge in [0.15, 0.2) is 6.61 Å². The van der Waals surface area contributed by atoms with Crippen molar-refractivity contribution >= 4 is 28.8 Å². The Balaban J connectivity index is 1.51. The van der Waals surface area contributed by atoms with Crippen molar-refractivity contribution in [1.29, 1.82) is 0 Å². The van der Waals surface area contributed by atoms with Crippen molar-refractivity contribution in [3.8, 4) is 17.1 Å². The molecule has 4 rings (SSSR count). The summed E-state index contributed by atoms with van der Waals surface area (Å²) in [4.78, 5) is 31.2. The van der Waals surface area contributed by atoms with Gasteiger partial charge in [-0.25, -0.2) is 0 Å². The monoisotopic (exact) mass is 398 g/mol. The van der Waals surface area contributed by atoms with Gasteiger partial charge < -0.3 is 19.5 Å². The van der Waals surface area contributed by atoms with E-state index in [1.165, 1.54) is 0 Å². The Bertz CT molecular complexity index is 999. The minimum absolute atomic E-state index is 0.000919. The minimum Gasteiger partial charge on any atom is -0.482 e. The van der Waals surface area contributed by atoms with E-state index in [9.17, 15) is 9.59 Å². The first kappa shape index (κ1) is 18.2. The number of benzene rings is 1. The van der Waals surface area contributed by atoms with Crippen molar-refractivity contribution in [1.82, 2.24) is 15.5 Å². The molecular formula is C19H18N4O4S. The molecule has 144 valence electrons. The first-order chi connectivity index (χ1) is 13.7. The smallest absolute Gasteiger partial charge is 0.316 e. The molecule has 1 aliphatic heterocycles. The number of fused-ring (bicyclic) bond motifs is 1. The van der Waals surface area contributed by atoms with E-state index in [4.69, 9.17) is 9.26 Å². The number of carbonyl (C=O) groups excluding carboxylic acids is 2. The number of hydrogen-bond donors (Lipinski definition) is 1. The van der Waals surface area contributed by atoms with E-state index in [-0.39, 0.29) is 24.2 Å². The number of nitrogens with one attached hydrogen (secondary N) is 1. The van der Waals surface area contributed by atoms with Crippen molar-refractivity contribution in [3.63, 3.8) is 0 Å². The maximum absolute atomic E-state index is 12.2.